The summed E-state index contributed by atoms with van der Waals surface area (Å²) in [7, 11) is 0. The molecule has 0 atom stereocenters. The van der Waals surface area contributed by atoms with Gasteiger partial charge in [-0.15, -0.1) is 0 Å². The van der Waals surface area contributed by atoms with Gasteiger partial charge in [0.15, 0.2) is 0 Å². The number of benzene rings is 3. The number of nitrogens with one attached hydrogen (secondary N) is 1. The number of alkyl carbamates (subject to hydrolysis) is 1. The number of carbonyl (C=O) groups is 1. The first-order valence-corrected chi connectivity index (χ1v) is 9.76. The van der Waals surface area contributed by atoms with Crippen LogP contribution in [-0.4, -0.2) is 19.2 Å². The lowest BCUT2D eigenvalue weighted by atomic mass is 9.98. The second kappa shape index (κ2) is 8.71. The number of rotatable bonds is 4. The van der Waals surface area contributed by atoms with Gasteiger partial charge in [-0.3, -0.25) is 0 Å². The highest BCUT2D eigenvalue weighted by Gasteiger charge is 2.28. The van der Waals surface area contributed by atoms with Crippen molar-refractivity contribution in [3.63, 3.8) is 0 Å². The lowest BCUT2D eigenvalue weighted by Gasteiger charge is -2.14. The Hall–Kier alpha value is -3.78. The minimum atomic E-state index is -0.468. The fourth-order valence-electron chi connectivity index (χ4n) is 3.66. The van der Waals surface area contributed by atoms with E-state index >= 15 is 0 Å². The van der Waals surface area contributed by atoms with Crippen LogP contribution in [0.5, 0.6) is 0 Å². The van der Waals surface area contributed by atoms with Crippen molar-refractivity contribution in [2.24, 2.45) is 0 Å². The predicted octanol–water partition coefficient (Wildman–Crippen LogP) is 4.69. The highest BCUT2D eigenvalue weighted by molar-refractivity contribution is 5.79. The number of amides is 1. The Kier molecular flexibility index (Phi) is 5.67. The SMILES string of the molecule is Nc1cc(C#CCCNC(=O)OCC2c3ccccc3-c3ccccc32)ccc1F. The Morgan fingerprint density at radius 1 is 1.03 bits per heavy atom. The number of ether oxygens (including phenoxy) is 1. The van der Waals surface area contributed by atoms with Gasteiger partial charge < -0.3 is 15.8 Å². The van der Waals surface area contributed by atoms with E-state index in [1.54, 1.807) is 6.07 Å². The van der Waals surface area contributed by atoms with Crippen molar-refractivity contribution >= 4 is 11.8 Å². The second-order valence-corrected chi connectivity index (χ2v) is 7.04. The number of hydrogen-bond donors (Lipinski definition) is 2. The molecule has 0 bridgehead atoms. The second-order valence-electron chi connectivity index (χ2n) is 7.04. The van der Waals surface area contributed by atoms with E-state index in [0.29, 0.717) is 18.5 Å². The van der Waals surface area contributed by atoms with Crippen LogP contribution in [0.15, 0.2) is 66.7 Å². The highest BCUT2D eigenvalue weighted by Crippen LogP contribution is 2.44. The predicted molar refractivity (Wildman–Crippen MR) is 115 cm³/mol. The van der Waals surface area contributed by atoms with E-state index in [9.17, 15) is 9.18 Å². The standard InChI is InChI=1S/C25H21FN2O2/c26-23-13-12-17(15-24(23)27)7-5-6-14-28-25(29)30-16-22-20-10-3-1-8-18(20)19-9-2-4-11-21(19)22/h1-4,8-13,15,22H,6,14,16,27H2,(H,28,29). The van der Waals surface area contributed by atoms with E-state index in [1.807, 2.05) is 24.3 Å². The number of nitrogen functional groups attached to an aromatic ring is 1. The zero-order chi connectivity index (χ0) is 20.9. The number of fused-ring (bicyclic) bond motifs is 3. The smallest absolute Gasteiger partial charge is 0.407 e. The molecular formula is C25H21FN2O2. The van der Waals surface area contributed by atoms with Crippen LogP contribution in [0.3, 0.4) is 0 Å². The zero-order valence-corrected chi connectivity index (χ0v) is 16.3. The fourth-order valence-corrected chi connectivity index (χ4v) is 3.66. The molecule has 4 nitrogen and oxygen atoms in total. The van der Waals surface area contributed by atoms with Crippen LogP contribution in [0.2, 0.25) is 0 Å². The van der Waals surface area contributed by atoms with Crippen LogP contribution < -0.4 is 11.1 Å². The number of hydrogen-bond acceptors (Lipinski definition) is 3. The van der Waals surface area contributed by atoms with Gasteiger partial charge in [0.25, 0.3) is 0 Å². The molecule has 0 heterocycles. The third-order valence-corrected chi connectivity index (χ3v) is 5.09. The maximum atomic E-state index is 13.1. The molecule has 0 aromatic heterocycles. The first kappa shape index (κ1) is 19.5. The van der Waals surface area contributed by atoms with E-state index < -0.39 is 11.9 Å². The molecule has 0 spiro atoms. The molecule has 0 fully saturated rings. The Bertz CT molecular complexity index is 1100. The molecule has 3 aromatic rings. The topological polar surface area (TPSA) is 64.3 Å². The molecule has 5 heteroatoms. The molecule has 3 aromatic carbocycles. The summed E-state index contributed by atoms with van der Waals surface area (Å²) in [6.45, 7) is 0.640. The molecule has 0 unspecified atom stereocenters. The molecule has 0 saturated heterocycles. The third kappa shape index (κ3) is 4.13. The van der Waals surface area contributed by atoms with E-state index in [0.717, 1.165) is 0 Å². The quantitative estimate of drug-likeness (QED) is 0.379. The molecule has 0 aliphatic heterocycles. The lowest BCUT2D eigenvalue weighted by Crippen LogP contribution is -2.26. The van der Waals surface area contributed by atoms with Gasteiger partial charge in [0.2, 0.25) is 0 Å². The molecule has 150 valence electrons. The lowest BCUT2D eigenvalue weighted by molar-refractivity contribution is 0.143. The van der Waals surface area contributed by atoms with Gasteiger partial charge in [0.1, 0.15) is 12.4 Å². The monoisotopic (exact) mass is 400 g/mol. The van der Waals surface area contributed by atoms with Crippen LogP contribution in [0.4, 0.5) is 14.9 Å². The van der Waals surface area contributed by atoms with Crippen LogP contribution in [-0.2, 0) is 4.74 Å². The number of halogens is 1. The minimum Gasteiger partial charge on any atom is -0.449 e. The van der Waals surface area contributed by atoms with Gasteiger partial charge >= 0.3 is 6.09 Å². The normalized spacial score (nSPS) is 11.8. The molecule has 4 rings (SSSR count). The van der Waals surface area contributed by atoms with Crippen molar-refractivity contribution < 1.29 is 13.9 Å². The van der Waals surface area contributed by atoms with E-state index in [-0.39, 0.29) is 18.2 Å². The van der Waals surface area contributed by atoms with Gasteiger partial charge in [0, 0.05) is 24.4 Å². The minimum absolute atomic E-state index is 0.0341. The van der Waals surface area contributed by atoms with Crippen molar-refractivity contribution in [2.75, 3.05) is 18.9 Å². The van der Waals surface area contributed by atoms with Crippen molar-refractivity contribution in [1.29, 1.82) is 0 Å². The summed E-state index contributed by atoms with van der Waals surface area (Å²) in [6.07, 6.45) is -0.0220. The summed E-state index contributed by atoms with van der Waals surface area (Å²) in [5.74, 6) is 5.40. The largest absolute Gasteiger partial charge is 0.449 e. The average Bonchev–Trinajstić information content (AvgIpc) is 3.08. The molecule has 0 radical (unpaired) electrons. The third-order valence-electron chi connectivity index (χ3n) is 5.09. The van der Waals surface area contributed by atoms with Gasteiger partial charge in [0.05, 0.1) is 5.69 Å². The maximum Gasteiger partial charge on any atom is 0.407 e. The van der Waals surface area contributed by atoms with E-state index in [4.69, 9.17) is 10.5 Å². The number of carbonyl (C=O) groups excluding carboxylic acids is 1. The van der Waals surface area contributed by atoms with Gasteiger partial charge in [-0.05, 0) is 40.5 Å². The summed E-state index contributed by atoms with van der Waals surface area (Å²) in [5.41, 5.74) is 11.0. The van der Waals surface area contributed by atoms with Gasteiger partial charge in [-0.1, -0.05) is 60.4 Å². The molecule has 30 heavy (non-hydrogen) atoms. The maximum absolute atomic E-state index is 13.1. The summed E-state index contributed by atoms with van der Waals surface area (Å²) in [4.78, 5) is 12.1. The van der Waals surface area contributed by atoms with E-state index in [1.165, 1.54) is 34.4 Å². The molecular weight excluding hydrogens is 379 g/mol. The molecule has 3 N–H and O–H groups in total. The van der Waals surface area contributed by atoms with E-state index in [2.05, 4.69) is 41.4 Å². The van der Waals surface area contributed by atoms with Crippen LogP contribution in [0, 0.1) is 17.7 Å². The van der Waals surface area contributed by atoms with Crippen LogP contribution in [0.1, 0.15) is 29.0 Å². The summed E-state index contributed by atoms with van der Waals surface area (Å²) in [5, 5.41) is 2.71. The fraction of sp³-hybridized carbons (Fsp3) is 0.160. The Morgan fingerprint density at radius 3 is 2.37 bits per heavy atom. The molecule has 0 saturated carbocycles. The molecule has 1 aliphatic carbocycles. The van der Waals surface area contributed by atoms with Crippen LogP contribution >= 0.6 is 0 Å². The first-order valence-electron chi connectivity index (χ1n) is 9.76. The summed E-state index contributed by atoms with van der Waals surface area (Å²) in [6, 6.07) is 20.8. The van der Waals surface area contributed by atoms with Crippen molar-refractivity contribution in [1.82, 2.24) is 5.32 Å². The highest BCUT2D eigenvalue weighted by atomic mass is 19.1. The Balaban J connectivity index is 1.29. The van der Waals surface area contributed by atoms with Crippen molar-refractivity contribution in [3.8, 4) is 23.0 Å². The number of anilines is 1. The zero-order valence-electron chi connectivity index (χ0n) is 16.3. The van der Waals surface area contributed by atoms with Gasteiger partial charge in [-0.25, -0.2) is 9.18 Å². The molecule has 1 aliphatic rings. The average molecular weight is 400 g/mol. The Morgan fingerprint density at radius 2 is 1.70 bits per heavy atom. The summed E-state index contributed by atoms with van der Waals surface area (Å²) < 4.78 is 18.6. The van der Waals surface area contributed by atoms with Gasteiger partial charge in [-0.2, -0.15) is 0 Å². The first-order chi connectivity index (χ1) is 14.6. The van der Waals surface area contributed by atoms with Crippen molar-refractivity contribution in [2.45, 2.75) is 12.3 Å². The summed E-state index contributed by atoms with van der Waals surface area (Å²) >= 11 is 0. The Labute approximate surface area is 174 Å². The molecule has 1 amide bonds. The number of nitrogens with two attached hydrogens (primary N) is 1. The van der Waals surface area contributed by atoms with Crippen molar-refractivity contribution in [3.05, 3.63) is 89.2 Å². The van der Waals surface area contributed by atoms with Crippen LogP contribution in [0.25, 0.3) is 11.1 Å².